The highest BCUT2D eigenvalue weighted by Gasteiger charge is 2.29. The van der Waals surface area contributed by atoms with Crippen molar-refractivity contribution in [1.29, 1.82) is 0 Å². The van der Waals surface area contributed by atoms with Crippen molar-refractivity contribution in [1.82, 2.24) is 10.3 Å². The van der Waals surface area contributed by atoms with Gasteiger partial charge >= 0.3 is 0 Å². The third kappa shape index (κ3) is 6.05. The van der Waals surface area contributed by atoms with Gasteiger partial charge in [0.2, 0.25) is 0 Å². The lowest BCUT2D eigenvalue weighted by molar-refractivity contribution is -0.120. The van der Waals surface area contributed by atoms with Gasteiger partial charge in [-0.05, 0) is 41.7 Å². The first-order valence-electron chi connectivity index (χ1n) is 10.1. The molecule has 1 aromatic carbocycles. The van der Waals surface area contributed by atoms with Gasteiger partial charge in [-0.2, -0.15) is 0 Å². The molecule has 3 rings (SSSR count). The van der Waals surface area contributed by atoms with Gasteiger partial charge in [0.1, 0.15) is 6.10 Å². The molecule has 0 bridgehead atoms. The number of allylic oxidation sites excluding steroid dienone is 1. The van der Waals surface area contributed by atoms with Crippen LogP contribution in [0.15, 0.2) is 39.4 Å². The summed E-state index contributed by atoms with van der Waals surface area (Å²) in [7, 11) is 0. The van der Waals surface area contributed by atoms with Gasteiger partial charge in [0.05, 0.1) is 29.2 Å². The van der Waals surface area contributed by atoms with E-state index < -0.39 is 24.5 Å². The quantitative estimate of drug-likeness (QED) is 0.170. The summed E-state index contributed by atoms with van der Waals surface area (Å²) in [6.07, 6.45) is 9.86. The smallest absolute Gasteiger partial charge is 0.265 e. The minimum atomic E-state index is -0.969. The number of nitrogens with zero attached hydrogens (tertiary/aromatic N) is 5. The van der Waals surface area contributed by atoms with Crippen LogP contribution < -0.4 is 10.6 Å². The maximum absolute atomic E-state index is 12.4. The van der Waals surface area contributed by atoms with Gasteiger partial charge in [0.15, 0.2) is 11.6 Å². The van der Waals surface area contributed by atoms with Crippen LogP contribution in [-0.4, -0.2) is 46.9 Å². The number of aliphatic hydroxyl groups excluding tert-OH is 1. The SMILES string of the molecule is C#CCNC(=O)c1cc(N=[N+]=[N-])ccc1NC(=O)CO/N=C1/CC(c2csc(C#C)n2)=C(C)C1O. The molecule has 1 unspecified atom stereocenters. The standard InChI is InChI=1S/C23H19N7O4S/c1-4-8-25-23(33)16-9-14(28-30-24)6-7-17(16)26-20(31)11-34-29-18-10-15(13(3)22(18)32)19-12-35-21(5-2)27-19/h1-2,6-7,9,12,22,32H,8,10-11H2,3H3,(H,25,33)(H,26,31)/b29-18-. The lowest BCUT2D eigenvalue weighted by Gasteiger charge is -2.11. The highest BCUT2D eigenvalue weighted by atomic mass is 32.1. The number of carbonyl (C=O) groups is 2. The predicted molar refractivity (Wildman–Crippen MR) is 132 cm³/mol. The molecule has 1 aromatic heterocycles. The zero-order valence-corrected chi connectivity index (χ0v) is 19.3. The molecular weight excluding hydrogens is 470 g/mol. The second kappa shape index (κ2) is 11.5. The number of azide groups is 1. The first kappa shape index (κ1) is 25.0. The third-order valence-electron chi connectivity index (χ3n) is 4.91. The summed E-state index contributed by atoms with van der Waals surface area (Å²) in [5.74, 6) is 3.58. The molecule has 2 aromatic rings. The molecule has 0 spiro atoms. The fourth-order valence-electron chi connectivity index (χ4n) is 3.22. The van der Waals surface area contributed by atoms with E-state index in [4.69, 9.17) is 23.2 Å². The van der Waals surface area contributed by atoms with Crippen LogP contribution in [0.2, 0.25) is 0 Å². The van der Waals surface area contributed by atoms with Gasteiger partial charge in [-0.25, -0.2) is 4.98 Å². The summed E-state index contributed by atoms with van der Waals surface area (Å²) in [5, 5.41) is 25.2. The van der Waals surface area contributed by atoms with Crippen molar-refractivity contribution >= 4 is 45.8 Å². The van der Waals surface area contributed by atoms with Crippen LogP contribution in [0.5, 0.6) is 0 Å². The van der Waals surface area contributed by atoms with Crippen LogP contribution in [0.25, 0.3) is 16.0 Å². The molecule has 1 heterocycles. The van der Waals surface area contributed by atoms with Gasteiger partial charge in [-0.15, -0.1) is 24.2 Å². The number of thiazole rings is 1. The fourth-order valence-corrected chi connectivity index (χ4v) is 3.85. The number of anilines is 1. The van der Waals surface area contributed by atoms with E-state index in [1.165, 1.54) is 29.5 Å². The van der Waals surface area contributed by atoms with E-state index in [1.807, 2.05) is 5.38 Å². The molecule has 3 N–H and O–H groups in total. The Bertz CT molecular complexity index is 1360. The normalized spacial score (nSPS) is 15.7. The number of aliphatic hydroxyl groups is 1. The van der Waals surface area contributed by atoms with Gasteiger partial charge in [-0.3, -0.25) is 9.59 Å². The van der Waals surface area contributed by atoms with E-state index in [-0.39, 0.29) is 23.5 Å². The molecule has 11 nitrogen and oxygen atoms in total. The van der Waals surface area contributed by atoms with Crippen molar-refractivity contribution in [3.05, 3.63) is 55.9 Å². The number of oxime groups is 1. The largest absolute Gasteiger partial charge is 0.386 e. The molecule has 1 aliphatic carbocycles. The van der Waals surface area contributed by atoms with Gasteiger partial charge in [0.25, 0.3) is 11.8 Å². The summed E-state index contributed by atoms with van der Waals surface area (Å²) in [6, 6.07) is 4.16. The molecule has 1 aliphatic rings. The molecule has 2 amide bonds. The minimum Gasteiger partial charge on any atom is -0.386 e. The highest BCUT2D eigenvalue weighted by Crippen LogP contribution is 2.33. The van der Waals surface area contributed by atoms with E-state index in [0.29, 0.717) is 28.4 Å². The molecule has 0 saturated carbocycles. The topological polar surface area (TPSA) is 162 Å². The number of nitrogens with one attached hydrogen (secondary N) is 2. The molecule has 35 heavy (non-hydrogen) atoms. The Labute approximate surface area is 204 Å². The number of terminal acetylenes is 2. The summed E-state index contributed by atoms with van der Waals surface area (Å²) in [4.78, 5) is 37.0. The van der Waals surface area contributed by atoms with Crippen LogP contribution in [0, 0.1) is 24.7 Å². The van der Waals surface area contributed by atoms with Crippen LogP contribution in [0.4, 0.5) is 11.4 Å². The fraction of sp³-hybridized carbons (Fsp3) is 0.217. The second-order valence-corrected chi connectivity index (χ2v) is 7.99. The Hall–Kier alpha value is -4.61. The predicted octanol–water partition coefficient (Wildman–Crippen LogP) is 2.98. The van der Waals surface area contributed by atoms with Crippen molar-refractivity contribution in [3.63, 3.8) is 0 Å². The minimum absolute atomic E-state index is 0.0265. The van der Waals surface area contributed by atoms with Crippen molar-refractivity contribution in [2.75, 3.05) is 18.5 Å². The molecule has 176 valence electrons. The number of carbonyl (C=O) groups excluding carboxylic acids is 2. The Balaban J connectivity index is 1.65. The van der Waals surface area contributed by atoms with E-state index in [1.54, 1.807) is 6.92 Å². The first-order chi connectivity index (χ1) is 16.9. The monoisotopic (exact) mass is 489 g/mol. The number of hydrogen-bond donors (Lipinski definition) is 3. The Morgan fingerprint density at radius 1 is 1.43 bits per heavy atom. The molecule has 1 atom stereocenters. The average Bonchev–Trinajstić information content (AvgIpc) is 3.43. The average molecular weight is 490 g/mol. The number of amides is 2. The van der Waals surface area contributed by atoms with Crippen LogP contribution in [0.3, 0.4) is 0 Å². The van der Waals surface area contributed by atoms with E-state index >= 15 is 0 Å². The van der Waals surface area contributed by atoms with Gasteiger partial charge < -0.3 is 20.6 Å². The van der Waals surface area contributed by atoms with E-state index in [0.717, 1.165) is 5.57 Å². The van der Waals surface area contributed by atoms with E-state index in [9.17, 15) is 14.7 Å². The van der Waals surface area contributed by atoms with Crippen LogP contribution in [0.1, 0.15) is 34.4 Å². The Kier molecular flexibility index (Phi) is 8.22. The Morgan fingerprint density at radius 2 is 2.23 bits per heavy atom. The molecule has 0 fully saturated rings. The zero-order chi connectivity index (χ0) is 25.4. The maximum atomic E-state index is 12.4. The number of benzene rings is 1. The molecular formula is C23H19N7O4S. The lowest BCUT2D eigenvalue weighted by atomic mass is 10.1. The molecule has 0 saturated heterocycles. The van der Waals surface area contributed by atoms with Gasteiger partial charge in [0, 0.05) is 22.4 Å². The van der Waals surface area contributed by atoms with Crippen molar-refractivity contribution in [2.24, 2.45) is 10.3 Å². The summed E-state index contributed by atoms with van der Waals surface area (Å²) >= 11 is 1.33. The van der Waals surface area contributed by atoms with Gasteiger partial charge in [-0.1, -0.05) is 22.3 Å². The molecule has 0 radical (unpaired) electrons. The second-order valence-electron chi connectivity index (χ2n) is 7.13. The maximum Gasteiger partial charge on any atom is 0.265 e. The van der Waals surface area contributed by atoms with Crippen molar-refractivity contribution in [3.8, 4) is 24.7 Å². The van der Waals surface area contributed by atoms with Crippen LogP contribution in [-0.2, 0) is 9.63 Å². The summed E-state index contributed by atoms with van der Waals surface area (Å²) in [5.41, 5.74) is 11.5. The first-order valence-corrected chi connectivity index (χ1v) is 11.0. The highest BCUT2D eigenvalue weighted by molar-refractivity contribution is 7.10. The number of aromatic nitrogens is 1. The summed E-state index contributed by atoms with van der Waals surface area (Å²) in [6.45, 7) is 1.25. The zero-order valence-electron chi connectivity index (χ0n) is 18.5. The summed E-state index contributed by atoms with van der Waals surface area (Å²) < 4.78 is 0. The van der Waals surface area contributed by atoms with E-state index in [2.05, 4.69) is 42.6 Å². The number of rotatable bonds is 8. The third-order valence-corrected chi connectivity index (χ3v) is 5.68. The van der Waals surface area contributed by atoms with Crippen molar-refractivity contribution < 1.29 is 19.5 Å². The Morgan fingerprint density at radius 3 is 2.91 bits per heavy atom. The number of hydrogen-bond acceptors (Lipinski definition) is 8. The molecule has 0 aliphatic heterocycles. The van der Waals surface area contributed by atoms with Crippen LogP contribution >= 0.6 is 11.3 Å². The molecule has 12 heteroatoms. The van der Waals surface area contributed by atoms with Crippen molar-refractivity contribution in [2.45, 2.75) is 19.4 Å². The lowest BCUT2D eigenvalue weighted by Crippen LogP contribution is -2.26.